The molecule has 0 radical (unpaired) electrons. The van der Waals surface area contributed by atoms with Gasteiger partial charge >= 0.3 is 0 Å². The number of hydrogen-bond donors (Lipinski definition) is 1. The molecule has 0 amide bonds. The first-order valence-electron chi connectivity index (χ1n) is 7.80. The van der Waals surface area contributed by atoms with Crippen LogP contribution in [0.5, 0.6) is 0 Å². The summed E-state index contributed by atoms with van der Waals surface area (Å²) in [5.74, 6) is 1.61. The Labute approximate surface area is 127 Å². The van der Waals surface area contributed by atoms with E-state index in [1.165, 1.54) is 0 Å². The normalized spacial score (nSPS) is 14.1. The maximum atomic E-state index is 5.50. The van der Waals surface area contributed by atoms with Crippen LogP contribution in [0.3, 0.4) is 0 Å². The molecule has 2 unspecified atom stereocenters. The molecule has 0 aliphatic carbocycles. The van der Waals surface area contributed by atoms with Crippen molar-refractivity contribution in [2.45, 2.75) is 52.5 Å². The van der Waals surface area contributed by atoms with E-state index in [4.69, 9.17) is 4.52 Å². The third kappa shape index (κ3) is 3.70. The lowest BCUT2D eigenvalue weighted by atomic mass is 9.99. The molecule has 0 saturated carbocycles. The van der Waals surface area contributed by atoms with E-state index in [0.717, 1.165) is 30.5 Å². The second kappa shape index (κ2) is 7.36. The van der Waals surface area contributed by atoms with Gasteiger partial charge in [0.2, 0.25) is 11.7 Å². The van der Waals surface area contributed by atoms with Crippen LogP contribution in [0.2, 0.25) is 0 Å². The second-order valence-electron chi connectivity index (χ2n) is 5.53. The van der Waals surface area contributed by atoms with E-state index in [1.54, 1.807) is 0 Å². The number of nitrogens with one attached hydrogen (secondary N) is 1. The van der Waals surface area contributed by atoms with Crippen LogP contribution in [-0.4, -0.2) is 22.7 Å². The van der Waals surface area contributed by atoms with Crippen molar-refractivity contribution in [1.82, 2.24) is 15.5 Å². The van der Waals surface area contributed by atoms with Crippen LogP contribution in [0, 0.1) is 6.92 Å². The number of nitrogens with zero attached hydrogens (tertiary/aromatic N) is 2. The fourth-order valence-corrected chi connectivity index (χ4v) is 2.53. The zero-order valence-corrected chi connectivity index (χ0v) is 13.4. The fourth-order valence-electron chi connectivity index (χ4n) is 2.53. The molecule has 2 rings (SSSR count). The molecular weight excluding hydrogens is 262 g/mol. The van der Waals surface area contributed by atoms with Gasteiger partial charge < -0.3 is 9.84 Å². The lowest BCUT2D eigenvalue weighted by Crippen LogP contribution is -2.33. The molecule has 1 heterocycles. The average Bonchev–Trinajstić information content (AvgIpc) is 2.98. The molecule has 0 fully saturated rings. The molecule has 21 heavy (non-hydrogen) atoms. The van der Waals surface area contributed by atoms with Gasteiger partial charge in [0.15, 0.2) is 0 Å². The predicted molar refractivity (Wildman–Crippen MR) is 85.3 cm³/mol. The largest absolute Gasteiger partial charge is 0.339 e. The molecule has 0 saturated heterocycles. The summed E-state index contributed by atoms with van der Waals surface area (Å²) in [5.41, 5.74) is 2.20. The molecule has 0 spiro atoms. The summed E-state index contributed by atoms with van der Waals surface area (Å²) in [6.07, 6.45) is 2.17. The summed E-state index contributed by atoms with van der Waals surface area (Å²) in [7, 11) is 0. The lowest BCUT2D eigenvalue weighted by Gasteiger charge is -2.20. The van der Waals surface area contributed by atoms with E-state index in [9.17, 15) is 0 Å². The third-order valence-electron chi connectivity index (χ3n) is 3.92. The number of hydrogen-bond acceptors (Lipinski definition) is 4. The van der Waals surface area contributed by atoms with Crippen molar-refractivity contribution in [1.29, 1.82) is 0 Å². The van der Waals surface area contributed by atoms with Crippen molar-refractivity contribution in [3.63, 3.8) is 0 Å². The molecule has 1 aromatic carbocycles. The standard InChI is InChI=1S/C17H25N3O/c1-5-11-18-15(6-2)13(4)17-19-16(20-21-17)14-10-8-7-9-12(14)3/h7-10,13,15,18H,5-6,11H2,1-4H3. The summed E-state index contributed by atoms with van der Waals surface area (Å²) in [6, 6.07) is 8.48. The van der Waals surface area contributed by atoms with Crippen LogP contribution >= 0.6 is 0 Å². The number of aryl methyl sites for hydroxylation is 1. The SMILES string of the molecule is CCCNC(CC)C(C)c1nc(-c2ccccc2C)no1. The lowest BCUT2D eigenvalue weighted by molar-refractivity contribution is 0.319. The van der Waals surface area contributed by atoms with Crippen molar-refractivity contribution in [3.05, 3.63) is 35.7 Å². The Morgan fingerprint density at radius 2 is 2.00 bits per heavy atom. The summed E-state index contributed by atoms with van der Waals surface area (Å²) < 4.78 is 5.50. The first kappa shape index (κ1) is 15.7. The molecular formula is C17H25N3O. The molecule has 0 bridgehead atoms. The highest BCUT2D eigenvalue weighted by molar-refractivity contribution is 5.58. The molecule has 4 heteroatoms. The highest BCUT2D eigenvalue weighted by Crippen LogP contribution is 2.24. The number of benzene rings is 1. The maximum absolute atomic E-state index is 5.50. The monoisotopic (exact) mass is 287 g/mol. The van der Waals surface area contributed by atoms with E-state index in [1.807, 2.05) is 18.2 Å². The van der Waals surface area contributed by atoms with Crippen molar-refractivity contribution in [2.75, 3.05) is 6.54 Å². The first-order valence-corrected chi connectivity index (χ1v) is 7.80. The smallest absolute Gasteiger partial charge is 0.231 e. The quantitative estimate of drug-likeness (QED) is 0.838. The van der Waals surface area contributed by atoms with Gasteiger partial charge in [-0.25, -0.2) is 0 Å². The minimum absolute atomic E-state index is 0.215. The number of aromatic nitrogens is 2. The Kier molecular flexibility index (Phi) is 5.51. The summed E-state index contributed by atoms with van der Waals surface area (Å²) >= 11 is 0. The van der Waals surface area contributed by atoms with E-state index in [-0.39, 0.29) is 5.92 Å². The molecule has 4 nitrogen and oxygen atoms in total. The highest BCUT2D eigenvalue weighted by Gasteiger charge is 2.23. The summed E-state index contributed by atoms with van der Waals surface area (Å²) in [6.45, 7) is 9.58. The Hall–Kier alpha value is -1.68. The first-order chi connectivity index (χ1) is 10.2. The van der Waals surface area contributed by atoms with Gasteiger partial charge in [0.05, 0.1) is 5.92 Å². The predicted octanol–water partition coefficient (Wildman–Crippen LogP) is 3.93. The Morgan fingerprint density at radius 1 is 1.24 bits per heavy atom. The van der Waals surface area contributed by atoms with Gasteiger partial charge in [-0.2, -0.15) is 4.98 Å². The van der Waals surface area contributed by atoms with Crippen molar-refractivity contribution in [3.8, 4) is 11.4 Å². The van der Waals surface area contributed by atoms with Crippen LogP contribution in [0.4, 0.5) is 0 Å². The third-order valence-corrected chi connectivity index (χ3v) is 3.92. The van der Waals surface area contributed by atoms with E-state index in [2.05, 4.69) is 49.2 Å². The van der Waals surface area contributed by atoms with Gasteiger partial charge in [-0.15, -0.1) is 0 Å². The van der Waals surface area contributed by atoms with Gasteiger partial charge in [0.1, 0.15) is 0 Å². The van der Waals surface area contributed by atoms with Gasteiger partial charge in [-0.1, -0.05) is 50.2 Å². The summed E-state index contributed by atoms with van der Waals surface area (Å²) in [4.78, 5) is 4.60. The minimum Gasteiger partial charge on any atom is -0.339 e. The van der Waals surface area contributed by atoms with Crippen molar-refractivity contribution < 1.29 is 4.52 Å². The Morgan fingerprint density at radius 3 is 2.67 bits per heavy atom. The van der Waals surface area contributed by atoms with Crippen LogP contribution in [0.15, 0.2) is 28.8 Å². The van der Waals surface area contributed by atoms with E-state index in [0.29, 0.717) is 17.8 Å². The molecule has 114 valence electrons. The van der Waals surface area contributed by atoms with Gasteiger partial charge in [-0.05, 0) is 31.9 Å². The van der Waals surface area contributed by atoms with E-state index < -0.39 is 0 Å². The van der Waals surface area contributed by atoms with Gasteiger partial charge in [0.25, 0.3) is 0 Å². The Balaban J connectivity index is 2.17. The van der Waals surface area contributed by atoms with Crippen LogP contribution < -0.4 is 5.32 Å². The zero-order valence-electron chi connectivity index (χ0n) is 13.4. The zero-order chi connectivity index (χ0) is 15.2. The topological polar surface area (TPSA) is 51.0 Å². The van der Waals surface area contributed by atoms with Crippen LogP contribution in [0.25, 0.3) is 11.4 Å². The van der Waals surface area contributed by atoms with Crippen LogP contribution in [0.1, 0.15) is 51.0 Å². The molecule has 0 aliphatic heterocycles. The Bertz CT molecular complexity index is 565. The molecule has 1 aromatic heterocycles. The minimum atomic E-state index is 0.215. The van der Waals surface area contributed by atoms with E-state index >= 15 is 0 Å². The second-order valence-corrected chi connectivity index (χ2v) is 5.53. The highest BCUT2D eigenvalue weighted by atomic mass is 16.5. The molecule has 0 aliphatic rings. The average molecular weight is 287 g/mol. The number of rotatable bonds is 7. The van der Waals surface area contributed by atoms with Crippen LogP contribution in [-0.2, 0) is 0 Å². The van der Waals surface area contributed by atoms with Gasteiger partial charge in [-0.3, -0.25) is 0 Å². The molecule has 2 atom stereocenters. The maximum Gasteiger partial charge on any atom is 0.231 e. The van der Waals surface area contributed by atoms with Gasteiger partial charge in [0, 0.05) is 11.6 Å². The molecule has 1 N–H and O–H groups in total. The van der Waals surface area contributed by atoms with Crippen molar-refractivity contribution >= 4 is 0 Å². The van der Waals surface area contributed by atoms with Crippen molar-refractivity contribution in [2.24, 2.45) is 0 Å². The molecule has 2 aromatic rings. The fraction of sp³-hybridized carbons (Fsp3) is 0.529. The summed E-state index contributed by atoms with van der Waals surface area (Å²) in [5, 5.41) is 7.70.